The van der Waals surface area contributed by atoms with Crippen LogP contribution in [0.15, 0.2) is 82.8 Å². The Morgan fingerprint density at radius 3 is 2.57 bits per heavy atom. The second-order valence-electron chi connectivity index (χ2n) is 6.16. The van der Waals surface area contributed by atoms with Crippen LogP contribution in [0.3, 0.4) is 0 Å². The van der Waals surface area contributed by atoms with E-state index >= 15 is 0 Å². The molecule has 1 amide bonds. The Morgan fingerprint density at radius 2 is 1.79 bits per heavy atom. The monoisotopic (exact) mass is 391 g/mol. The predicted octanol–water partition coefficient (Wildman–Crippen LogP) is 4.71. The van der Waals surface area contributed by atoms with Gasteiger partial charge >= 0.3 is 5.97 Å². The third kappa shape index (κ3) is 3.82. The maximum Gasteiger partial charge on any atom is 0.333 e. The van der Waals surface area contributed by atoms with Crippen LogP contribution in [0.1, 0.15) is 27.7 Å². The summed E-state index contributed by atoms with van der Waals surface area (Å²) in [6.45, 7) is 0.142. The number of rotatable bonds is 6. The molecule has 6 heteroatoms. The van der Waals surface area contributed by atoms with Gasteiger partial charge in [0.2, 0.25) is 0 Å². The number of thiophene rings is 1. The highest BCUT2D eigenvalue weighted by molar-refractivity contribution is 7.17. The minimum absolute atomic E-state index is 0.137. The summed E-state index contributed by atoms with van der Waals surface area (Å²) in [5, 5.41) is 5.75. The van der Waals surface area contributed by atoms with Gasteiger partial charge in [-0.15, -0.1) is 11.3 Å². The van der Waals surface area contributed by atoms with Gasteiger partial charge in [0.1, 0.15) is 6.61 Å². The van der Waals surface area contributed by atoms with Gasteiger partial charge in [0.05, 0.1) is 6.26 Å². The molecule has 1 unspecified atom stereocenters. The van der Waals surface area contributed by atoms with Crippen molar-refractivity contribution in [2.24, 2.45) is 0 Å². The molecule has 0 aliphatic rings. The second-order valence-corrected chi connectivity index (χ2v) is 7.07. The number of benzene rings is 2. The Labute approximate surface area is 165 Å². The number of carbonyl (C=O) groups excluding carboxylic acids is 2. The number of hydrogen-bond acceptors (Lipinski definition) is 5. The van der Waals surface area contributed by atoms with Gasteiger partial charge in [0, 0.05) is 10.3 Å². The van der Waals surface area contributed by atoms with Crippen LogP contribution in [-0.4, -0.2) is 11.9 Å². The molecule has 28 heavy (non-hydrogen) atoms. The lowest BCUT2D eigenvalue weighted by Crippen LogP contribution is -2.34. The highest BCUT2D eigenvalue weighted by Gasteiger charge is 2.26. The molecule has 0 radical (unpaired) electrons. The normalized spacial score (nSPS) is 11.9. The van der Waals surface area contributed by atoms with Gasteiger partial charge < -0.3 is 14.5 Å². The van der Waals surface area contributed by atoms with Crippen LogP contribution in [0.4, 0.5) is 0 Å². The van der Waals surface area contributed by atoms with E-state index < -0.39 is 17.9 Å². The fraction of sp³-hybridized carbons (Fsp3) is 0.0909. The first-order valence-corrected chi connectivity index (χ1v) is 9.61. The van der Waals surface area contributed by atoms with Crippen LogP contribution >= 0.6 is 11.3 Å². The lowest BCUT2D eigenvalue weighted by molar-refractivity contribution is -0.147. The van der Waals surface area contributed by atoms with Gasteiger partial charge in [-0.2, -0.15) is 0 Å². The molecule has 1 N–H and O–H groups in total. The predicted molar refractivity (Wildman–Crippen MR) is 107 cm³/mol. The smallest absolute Gasteiger partial charge is 0.333 e. The standard InChI is InChI=1S/C22H17NO4S/c24-21(18-10-6-12-26-18)23-20(15-7-2-1-3-8-15)22(25)27-13-16-14-28-19-11-5-4-9-17(16)19/h1-12,14,20H,13H2,(H,23,24). The van der Waals surface area contributed by atoms with Crippen molar-refractivity contribution in [1.29, 1.82) is 0 Å². The lowest BCUT2D eigenvalue weighted by atomic mass is 10.1. The molecule has 0 aliphatic heterocycles. The van der Waals surface area contributed by atoms with Crippen LogP contribution in [0.2, 0.25) is 0 Å². The Bertz CT molecular complexity index is 1090. The van der Waals surface area contributed by atoms with E-state index in [2.05, 4.69) is 5.32 Å². The van der Waals surface area contributed by atoms with E-state index in [1.54, 1.807) is 47.7 Å². The van der Waals surface area contributed by atoms with Gasteiger partial charge in [0.25, 0.3) is 5.91 Å². The van der Waals surface area contributed by atoms with Crippen molar-refractivity contribution in [3.63, 3.8) is 0 Å². The molecule has 0 saturated heterocycles. The van der Waals surface area contributed by atoms with E-state index in [1.165, 1.54) is 6.26 Å². The van der Waals surface area contributed by atoms with E-state index in [0.717, 1.165) is 15.6 Å². The van der Waals surface area contributed by atoms with Crippen LogP contribution in [0, 0.1) is 0 Å². The summed E-state index contributed by atoms with van der Waals surface area (Å²) in [6, 6.07) is 19.2. The molecule has 0 fully saturated rings. The zero-order valence-electron chi connectivity index (χ0n) is 14.8. The molecular formula is C22H17NO4S. The minimum atomic E-state index is -0.927. The van der Waals surface area contributed by atoms with E-state index in [-0.39, 0.29) is 12.4 Å². The Kier molecular flexibility index (Phi) is 5.21. The third-order valence-electron chi connectivity index (χ3n) is 4.32. The maximum atomic E-state index is 12.8. The first-order chi connectivity index (χ1) is 13.7. The molecule has 5 nitrogen and oxygen atoms in total. The molecule has 4 aromatic rings. The molecule has 2 heterocycles. The maximum absolute atomic E-state index is 12.8. The molecule has 1 atom stereocenters. The first kappa shape index (κ1) is 18.0. The number of hydrogen-bond donors (Lipinski definition) is 1. The molecule has 2 aromatic carbocycles. The first-order valence-electron chi connectivity index (χ1n) is 8.73. The lowest BCUT2D eigenvalue weighted by Gasteiger charge is -2.17. The Morgan fingerprint density at radius 1 is 1.00 bits per heavy atom. The average Bonchev–Trinajstić information content (AvgIpc) is 3.41. The fourth-order valence-electron chi connectivity index (χ4n) is 2.91. The zero-order chi connectivity index (χ0) is 19.3. The van der Waals surface area contributed by atoms with Crippen LogP contribution < -0.4 is 5.32 Å². The van der Waals surface area contributed by atoms with Crippen molar-refractivity contribution in [3.05, 3.63) is 95.3 Å². The largest absolute Gasteiger partial charge is 0.459 e. The SMILES string of the molecule is O=C(NC(C(=O)OCc1csc2ccccc12)c1ccccc1)c1ccco1. The third-order valence-corrected chi connectivity index (χ3v) is 5.33. The Balaban J connectivity index is 1.52. The summed E-state index contributed by atoms with van der Waals surface area (Å²) in [4.78, 5) is 25.2. The summed E-state index contributed by atoms with van der Waals surface area (Å²) in [5.41, 5.74) is 1.58. The van der Waals surface area contributed by atoms with Crippen molar-refractivity contribution in [2.45, 2.75) is 12.6 Å². The molecule has 0 saturated carbocycles. The quantitative estimate of drug-likeness (QED) is 0.484. The molecule has 2 aromatic heterocycles. The summed E-state index contributed by atoms with van der Waals surface area (Å²) >= 11 is 1.61. The average molecular weight is 391 g/mol. The highest BCUT2D eigenvalue weighted by Crippen LogP contribution is 2.26. The molecule has 0 spiro atoms. The van der Waals surface area contributed by atoms with Crippen LogP contribution in [-0.2, 0) is 16.1 Å². The number of nitrogens with one attached hydrogen (secondary N) is 1. The topological polar surface area (TPSA) is 68.5 Å². The van der Waals surface area contributed by atoms with E-state index in [4.69, 9.17) is 9.15 Å². The molecular weight excluding hydrogens is 374 g/mol. The highest BCUT2D eigenvalue weighted by atomic mass is 32.1. The molecule has 140 valence electrons. The summed E-state index contributed by atoms with van der Waals surface area (Å²) < 4.78 is 11.8. The van der Waals surface area contributed by atoms with Gasteiger partial charge in [-0.3, -0.25) is 4.79 Å². The van der Waals surface area contributed by atoms with Crippen molar-refractivity contribution >= 4 is 33.3 Å². The summed E-state index contributed by atoms with van der Waals surface area (Å²) in [7, 11) is 0. The van der Waals surface area contributed by atoms with Crippen LogP contribution in [0.25, 0.3) is 10.1 Å². The van der Waals surface area contributed by atoms with E-state index in [1.807, 2.05) is 35.7 Å². The van der Waals surface area contributed by atoms with Crippen molar-refractivity contribution in [2.75, 3.05) is 0 Å². The number of amides is 1. The van der Waals surface area contributed by atoms with Crippen molar-refractivity contribution in [1.82, 2.24) is 5.32 Å². The number of ether oxygens (including phenoxy) is 1. The number of carbonyl (C=O) groups is 2. The van der Waals surface area contributed by atoms with Crippen LogP contribution in [0.5, 0.6) is 0 Å². The fourth-order valence-corrected chi connectivity index (χ4v) is 3.86. The number of fused-ring (bicyclic) bond motifs is 1. The Hall–Kier alpha value is -3.38. The van der Waals surface area contributed by atoms with Gasteiger partial charge in [-0.25, -0.2) is 4.79 Å². The van der Waals surface area contributed by atoms with Gasteiger partial charge in [0.15, 0.2) is 11.8 Å². The minimum Gasteiger partial charge on any atom is -0.459 e. The van der Waals surface area contributed by atoms with E-state index in [9.17, 15) is 9.59 Å². The van der Waals surface area contributed by atoms with Crippen molar-refractivity contribution in [3.8, 4) is 0 Å². The second kappa shape index (κ2) is 8.10. The summed E-state index contributed by atoms with van der Waals surface area (Å²) in [6.07, 6.45) is 1.41. The van der Waals surface area contributed by atoms with Crippen molar-refractivity contribution < 1.29 is 18.7 Å². The zero-order valence-corrected chi connectivity index (χ0v) is 15.6. The number of furan rings is 1. The van der Waals surface area contributed by atoms with Gasteiger partial charge in [-0.05, 0) is 34.5 Å². The van der Waals surface area contributed by atoms with E-state index in [0.29, 0.717) is 5.56 Å². The molecule has 4 rings (SSSR count). The summed E-state index contributed by atoms with van der Waals surface area (Å²) in [5.74, 6) is -0.865. The molecule has 0 bridgehead atoms. The number of esters is 1. The molecule has 0 aliphatic carbocycles. The van der Waals surface area contributed by atoms with Gasteiger partial charge in [-0.1, -0.05) is 48.5 Å².